The number of nitrogens with one attached hydrogen (secondary N) is 4. The number of carbonyl (C=O) groups excluding carboxylic acids is 2. The number of aliphatic hydroxyl groups is 1. The van der Waals surface area contributed by atoms with Gasteiger partial charge in [-0.1, -0.05) is 54.1 Å². The summed E-state index contributed by atoms with van der Waals surface area (Å²) in [4.78, 5) is 24.2. The lowest BCUT2D eigenvalue weighted by molar-refractivity contribution is -0.127. The van der Waals surface area contributed by atoms with Crippen LogP contribution in [-0.2, 0) is 31.9 Å². The van der Waals surface area contributed by atoms with Crippen LogP contribution in [0.1, 0.15) is 22.3 Å². The highest BCUT2D eigenvalue weighted by atomic mass is 32.2. The summed E-state index contributed by atoms with van der Waals surface area (Å²) in [6, 6.07) is 12.2. The fourth-order valence-electron chi connectivity index (χ4n) is 2.69. The van der Waals surface area contributed by atoms with Gasteiger partial charge in [-0.3, -0.25) is 15.0 Å². The predicted octanol–water partition coefficient (Wildman–Crippen LogP) is -0.508. The first-order chi connectivity index (χ1) is 15.1. The van der Waals surface area contributed by atoms with Crippen LogP contribution in [0.3, 0.4) is 0 Å². The number of benzene rings is 2. The second-order valence-electron chi connectivity index (χ2n) is 7.20. The molecular weight excluding hydrogens is 434 g/mol. The molecule has 2 aromatic carbocycles. The molecule has 0 saturated carbocycles. The lowest BCUT2D eigenvalue weighted by Gasteiger charge is -2.16. The van der Waals surface area contributed by atoms with Gasteiger partial charge in [0.25, 0.3) is 0 Å². The number of nitrogen functional groups attached to an aromatic ring is 1. The Hall–Kier alpha value is -3.28. The number of aliphatic hydroxyl groups excluding tert-OH is 1. The smallest absolute Gasteiger partial charge is 0.240 e. The summed E-state index contributed by atoms with van der Waals surface area (Å²) in [5.74, 6) is -1.72. The summed E-state index contributed by atoms with van der Waals surface area (Å²) < 4.78 is 26.8. The highest BCUT2D eigenvalue weighted by Crippen LogP contribution is 2.08. The molecule has 0 radical (unpaired) electrons. The molecule has 0 aliphatic carbocycles. The van der Waals surface area contributed by atoms with E-state index in [-0.39, 0.29) is 24.7 Å². The molecule has 0 heterocycles. The molecule has 2 amide bonds. The van der Waals surface area contributed by atoms with Gasteiger partial charge < -0.3 is 21.5 Å². The summed E-state index contributed by atoms with van der Waals surface area (Å²) in [6.07, 6.45) is 0. The van der Waals surface area contributed by atoms with Crippen molar-refractivity contribution >= 4 is 27.7 Å². The number of hydrogen-bond acceptors (Lipinski definition) is 6. The second-order valence-corrected chi connectivity index (χ2v) is 8.96. The van der Waals surface area contributed by atoms with Crippen molar-refractivity contribution in [2.75, 3.05) is 13.2 Å². The Labute approximate surface area is 186 Å². The van der Waals surface area contributed by atoms with Crippen molar-refractivity contribution in [3.8, 4) is 0 Å². The first-order valence-corrected chi connectivity index (χ1v) is 11.4. The van der Waals surface area contributed by atoms with Crippen molar-refractivity contribution in [2.24, 2.45) is 5.73 Å². The third kappa shape index (κ3) is 8.10. The molecule has 2 rings (SSSR count). The van der Waals surface area contributed by atoms with Gasteiger partial charge in [0.15, 0.2) is 0 Å². The summed E-state index contributed by atoms with van der Waals surface area (Å²) >= 11 is 0. The third-order valence-electron chi connectivity index (χ3n) is 4.48. The van der Waals surface area contributed by atoms with Crippen LogP contribution in [0.5, 0.6) is 0 Å². The predicted molar refractivity (Wildman–Crippen MR) is 120 cm³/mol. The van der Waals surface area contributed by atoms with Crippen LogP contribution in [0, 0.1) is 12.3 Å². The minimum Gasteiger partial charge on any atom is -0.394 e. The fraction of sp³-hybridized carbons (Fsp3) is 0.286. The maximum atomic E-state index is 12.3. The Morgan fingerprint density at radius 1 is 1.03 bits per heavy atom. The van der Waals surface area contributed by atoms with E-state index in [0.29, 0.717) is 11.1 Å². The van der Waals surface area contributed by atoms with E-state index in [4.69, 9.17) is 11.1 Å². The average Bonchev–Trinajstić information content (AvgIpc) is 2.76. The topological polar surface area (TPSA) is 174 Å². The molecule has 0 aliphatic heterocycles. The van der Waals surface area contributed by atoms with Crippen molar-refractivity contribution in [1.82, 2.24) is 15.4 Å². The minimum atomic E-state index is -3.89. The largest absolute Gasteiger partial charge is 0.394 e. The van der Waals surface area contributed by atoms with E-state index in [9.17, 15) is 23.1 Å². The highest BCUT2D eigenvalue weighted by molar-refractivity contribution is 7.88. The first kappa shape index (κ1) is 25.0. The van der Waals surface area contributed by atoms with E-state index in [2.05, 4.69) is 15.4 Å². The summed E-state index contributed by atoms with van der Waals surface area (Å²) in [5, 5.41) is 21.7. The Morgan fingerprint density at radius 3 is 2.19 bits per heavy atom. The van der Waals surface area contributed by atoms with Gasteiger partial charge in [-0.05, 0) is 18.1 Å². The van der Waals surface area contributed by atoms with E-state index in [1.54, 1.807) is 48.5 Å². The lowest BCUT2D eigenvalue weighted by atomic mass is 10.1. The molecule has 0 aliphatic rings. The molecule has 11 heteroatoms. The van der Waals surface area contributed by atoms with E-state index < -0.39 is 34.5 Å². The van der Waals surface area contributed by atoms with Crippen LogP contribution in [0.15, 0.2) is 48.5 Å². The number of aryl methyl sites for hydroxylation is 1. The summed E-state index contributed by atoms with van der Waals surface area (Å²) in [7, 11) is -3.89. The number of nitrogens with two attached hydrogens (primary N) is 1. The number of amidine groups is 1. The first-order valence-electron chi connectivity index (χ1n) is 9.74. The van der Waals surface area contributed by atoms with E-state index >= 15 is 0 Å². The molecule has 172 valence electrons. The molecule has 0 aromatic heterocycles. The maximum Gasteiger partial charge on any atom is 0.240 e. The second kappa shape index (κ2) is 11.4. The van der Waals surface area contributed by atoms with Gasteiger partial charge in [0, 0.05) is 12.1 Å². The minimum absolute atomic E-state index is 0.0591. The molecule has 10 nitrogen and oxygen atoms in total. The zero-order valence-electron chi connectivity index (χ0n) is 17.6. The van der Waals surface area contributed by atoms with Crippen LogP contribution < -0.4 is 21.1 Å². The molecule has 0 bridgehead atoms. The van der Waals surface area contributed by atoms with Gasteiger partial charge in [-0.15, -0.1) is 0 Å². The molecule has 1 atom stereocenters. The van der Waals surface area contributed by atoms with E-state index in [0.717, 1.165) is 11.1 Å². The molecule has 0 spiro atoms. The molecule has 0 saturated heterocycles. The summed E-state index contributed by atoms with van der Waals surface area (Å²) in [5.41, 5.74) is 8.24. The van der Waals surface area contributed by atoms with Crippen molar-refractivity contribution < 1.29 is 23.1 Å². The van der Waals surface area contributed by atoms with Gasteiger partial charge in [0.1, 0.15) is 11.9 Å². The lowest BCUT2D eigenvalue weighted by Crippen LogP contribution is -2.50. The van der Waals surface area contributed by atoms with Crippen molar-refractivity contribution in [2.45, 2.75) is 25.3 Å². The van der Waals surface area contributed by atoms with E-state index in [1.165, 1.54) is 0 Å². The van der Waals surface area contributed by atoms with Crippen molar-refractivity contribution in [1.29, 1.82) is 5.41 Å². The number of rotatable bonds is 11. The van der Waals surface area contributed by atoms with Crippen molar-refractivity contribution in [3.63, 3.8) is 0 Å². The maximum absolute atomic E-state index is 12.3. The fourth-order valence-corrected chi connectivity index (χ4v) is 4.02. The van der Waals surface area contributed by atoms with Gasteiger partial charge in [0.2, 0.25) is 21.8 Å². The zero-order valence-corrected chi connectivity index (χ0v) is 18.4. The Balaban J connectivity index is 1.82. The van der Waals surface area contributed by atoms with Gasteiger partial charge >= 0.3 is 0 Å². The van der Waals surface area contributed by atoms with Gasteiger partial charge in [0.05, 0.1) is 18.9 Å². The average molecular weight is 462 g/mol. The quantitative estimate of drug-likeness (QED) is 0.194. The molecule has 7 N–H and O–H groups in total. The Bertz CT molecular complexity index is 1050. The van der Waals surface area contributed by atoms with Crippen molar-refractivity contribution in [3.05, 3.63) is 70.8 Å². The van der Waals surface area contributed by atoms with E-state index in [1.807, 2.05) is 6.92 Å². The van der Waals surface area contributed by atoms with Crippen LogP contribution >= 0.6 is 0 Å². The molecule has 0 fully saturated rings. The number of carbonyl (C=O) groups is 2. The Morgan fingerprint density at radius 2 is 1.62 bits per heavy atom. The molecule has 32 heavy (non-hydrogen) atoms. The normalized spacial score (nSPS) is 12.1. The molecule has 2 aromatic rings. The third-order valence-corrected chi connectivity index (χ3v) is 5.83. The monoisotopic (exact) mass is 461 g/mol. The number of hydrogen-bond donors (Lipinski definition) is 6. The number of amides is 2. The molecule has 0 unspecified atom stereocenters. The number of sulfonamides is 1. The zero-order chi connectivity index (χ0) is 23.7. The van der Waals surface area contributed by atoms with Gasteiger partial charge in [-0.2, -0.15) is 0 Å². The Kier molecular flexibility index (Phi) is 8.88. The van der Waals surface area contributed by atoms with Gasteiger partial charge in [-0.25, -0.2) is 13.1 Å². The van der Waals surface area contributed by atoms with Crippen LogP contribution in [0.4, 0.5) is 0 Å². The summed E-state index contributed by atoms with van der Waals surface area (Å²) in [6.45, 7) is 0.923. The van der Waals surface area contributed by atoms with Crippen LogP contribution in [0.2, 0.25) is 0 Å². The highest BCUT2D eigenvalue weighted by Gasteiger charge is 2.24. The standard InChI is InChI=1S/C21H27N5O5S/c1-14-2-4-16(5-3-14)13-32(30,31)26-18(12-27)21(29)25-11-19(28)24-10-15-6-8-17(9-7-15)20(22)23/h2-9,18,26-27H,10-13H2,1H3,(H3,22,23)(H,24,28)(H,25,29)/t18-/m1/s1. The molecular formula is C21H27N5O5S. The van der Waals surface area contributed by atoms with Crippen LogP contribution in [0.25, 0.3) is 0 Å². The van der Waals surface area contributed by atoms with Crippen LogP contribution in [-0.4, -0.2) is 50.4 Å². The SMILES string of the molecule is Cc1ccc(CS(=O)(=O)N[C@H](CO)C(=O)NCC(=O)NCc2ccc(C(=N)N)cc2)cc1.